The van der Waals surface area contributed by atoms with Crippen molar-refractivity contribution in [3.63, 3.8) is 0 Å². The Morgan fingerprint density at radius 3 is 0.968 bits per heavy atom. The number of aryl methyl sites for hydroxylation is 5. The molecule has 326 valence electrons. The molecule has 3 aromatic carbocycles. The molecule has 2 aliphatic rings. The average Bonchev–Trinajstić information content (AvgIpc) is 4.08. The molecule has 3 aromatic heterocycles. The minimum Gasteiger partial charge on any atom is -0.657 e. The van der Waals surface area contributed by atoms with Gasteiger partial charge in [0.05, 0.1) is 22.8 Å². The Kier molecular flexibility index (Phi) is 14.6. The number of aromatic nitrogens is 4. The number of benzene rings is 3. The van der Waals surface area contributed by atoms with E-state index in [0.29, 0.717) is 0 Å². The van der Waals surface area contributed by atoms with Gasteiger partial charge in [-0.1, -0.05) is 182 Å². The number of hydrogen-bond acceptors (Lipinski definition) is 2. The van der Waals surface area contributed by atoms with Crippen molar-refractivity contribution in [2.45, 2.75) is 133 Å². The zero-order chi connectivity index (χ0) is 43.5. The molecular formula is C58H64N4Ni. The fourth-order valence-corrected chi connectivity index (χ4v) is 10.6. The molecule has 0 N–H and O–H groups in total. The van der Waals surface area contributed by atoms with E-state index in [2.05, 4.69) is 153 Å². The Hall–Kier alpha value is -5.25. The van der Waals surface area contributed by atoms with Gasteiger partial charge in [-0.3, -0.25) is 0 Å². The van der Waals surface area contributed by atoms with Crippen molar-refractivity contribution in [3.8, 4) is 33.4 Å². The Bertz CT molecular complexity index is 2800. The number of unbranched alkanes of at least 4 members (excludes halogenated alkanes) is 1. The molecule has 5 heteroatoms. The van der Waals surface area contributed by atoms with Gasteiger partial charge in [0.2, 0.25) is 0 Å². The second kappa shape index (κ2) is 20.1. The molecule has 0 saturated heterocycles. The first kappa shape index (κ1) is 45.8. The first-order valence-corrected chi connectivity index (χ1v) is 23.8. The van der Waals surface area contributed by atoms with E-state index in [0.717, 1.165) is 149 Å². The molecule has 5 heterocycles. The van der Waals surface area contributed by atoms with Gasteiger partial charge in [0, 0.05) is 0 Å². The standard InChI is InChI=1S/C58H64N4.Ni/c1-10-19-35-47-51-39(11-2)41(13-4)53(59-51)48(36-29-23-20-24-30-36)55-43(15-6)45(17-8)57(61-55)50(38-33-27-22-28-34-38)58-46(18-9)44(16-7)56(62-58)49(37-31-25-21-26-32-37)54-42(14-5)40(12-3)52(47)60-54;/h20-34H,10-19,35H2,1-9H3;/q-2;+2. The predicted octanol–water partition coefficient (Wildman–Crippen LogP) is 15.6. The largest absolute Gasteiger partial charge is 2.00 e. The fraction of sp³-hybridized carbons (Fsp3) is 0.345. The Labute approximate surface area is 386 Å². The molecular weight excluding hydrogens is 811 g/mol. The van der Waals surface area contributed by atoms with Gasteiger partial charge in [0.1, 0.15) is 0 Å². The second-order valence-electron chi connectivity index (χ2n) is 16.7. The van der Waals surface area contributed by atoms with Crippen LogP contribution in [0.3, 0.4) is 0 Å². The predicted molar refractivity (Wildman–Crippen MR) is 266 cm³/mol. The third-order valence-electron chi connectivity index (χ3n) is 13.4. The van der Waals surface area contributed by atoms with Crippen LogP contribution in [0.1, 0.15) is 151 Å². The summed E-state index contributed by atoms with van der Waals surface area (Å²) >= 11 is 0. The molecule has 0 fully saturated rings. The maximum absolute atomic E-state index is 5.96. The van der Waals surface area contributed by atoms with E-state index >= 15 is 0 Å². The van der Waals surface area contributed by atoms with E-state index in [4.69, 9.17) is 19.9 Å². The summed E-state index contributed by atoms with van der Waals surface area (Å²) in [4.78, 5) is 23.8. The molecule has 6 aromatic rings. The first-order valence-electron chi connectivity index (χ1n) is 23.8. The van der Waals surface area contributed by atoms with Crippen molar-refractivity contribution in [3.05, 3.63) is 142 Å². The zero-order valence-electron chi connectivity index (χ0n) is 39.0. The summed E-state index contributed by atoms with van der Waals surface area (Å²) in [5.41, 5.74) is 27.3. The smallest absolute Gasteiger partial charge is 0.657 e. The van der Waals surface area contributed by atoms with Crippen LogP contribution in [0.2, 0.25) is 0 Å². The van der Waals surface area contributed by atoms with Crippen LogP contribution in [0.15, 0.2) is 91.0 Å². The topological polar surface area (TPSA) is 54.0 Å². The Balaban J connectivity index is 0.00000595. The molecule has 0 spiro atoms. The van der Waals surface area contributed by atoms with Gasteiger partial charge in [-0.2, -0.15) is 0 Å². The van der Waals surface area contributed by atoms with Gasteiger partial charge in [-0.15, -0.1) is 22.1 Å². The molecule has 8 bridgehead atoms. The van der Waals surface area contributed by atoms with Crippen LogP contribution >= 0.6 is 0 Å². The monoisotopic (exact) mass is 874 g/mol. The summed E-state index contributed by atoms with van der Waals surface area (Å²) in [5, 5.41) is 0. The van der Waals surface area contributed by atoms with Crippen LogP contribution in [0.25, 0.3) is 77.7 Å². The quantitative estimate of drug-likeness (QED) is 0.102. The first-order chi connectivity index (χ1) is 30.4. The third kappa shape index (κ3) is 7.90. The van der Waals surface area contributed by atoms with Gasteiger partial charge in [0.25, 0.3) is 0 Å². The van der Waals surface area contributed by atoms with Crippen molar-refractivity contribution in [2.24, 2.45) is 0 Å². The van der Waals surface area contributed by atoms with E-state index in [1.165, 1.54) is 50.1 Å². The molecule has 63 heavy (non-hydrogen) atoms. The summed E-state index contributed by atoms with van der Waals surface area (Å²) in [6, 6.07) is 32.9. The van der Waals surface area contributed by atoms with Gasteiger partial charge < -0.3 is 9.97 Å². The van der Waals surface area contributed by atoms with Crippen LogP contribution in [-0.2, 0) is 48.6 Å². The average molecular weight is 876 g/mol. The van der Waals surface area contributed by atoms with Crippen molar-refractivity contribution in [1.29, 1.82) is 0 Å². The minimum absolute atomic E-state index is 0. The van der Waals surface area contributed by atoms with Gasteiger partial charge in [-0.05, 0) is 125 Å². The molecule has 4 nitrogen and oxygen atoms in total. The summed E-state index contributed by atoms with van der Waals surface area (Å²) in [7, 11) is 0. The van der Waals surface area contributed by atoms with Crippen LogP contribution in [0, 0.1) is 0 Å². The van der Waals surface area contributed by atoms with Crippen LogP contribution in [0.5, 0.6) is 0 Å². The Morgan fingerprint density at radius 1 is 0.349 bits per heavy atom. The number of fused-ring (bicyclic) bond motifs is 8. The summed E-state index contributed by atoms with van der Waals surface area (Å²) in [5.74, 6) is 0. The van der Waals surface area contributed by atoms with Crippen molar-refractivity contribution in [1.82, 2.24) is 19.9 Å². The van der Waals surface area contributed by atoms with Crippen LogP contribution in [0.4, 0.5) is 0 Å². The maximum Gasteiger partial charge on any atom is 2.00 e. The van der Waals surface area contributed by atoms with Crippen molar-refractivity contribution < 1.29 is 16.5 Å². The normalized spacial score (nSPS) is 12.7. The molecule has 0 saturated carbocycles. The number of rotatable bonds is 14. The minimum atomic E-state index is 0. The summed E-state index contributed by atoms with van der Waals surface area (Å²) in [6.45, 7) is 20.8. The molecule has 0 amide bonds. The van der Waals surface area contributed by atoms with E-state index in [1.807, 2.05) is 0 Å². The van der Waals surface area contributed by atoms with E-state index in [-0.39, 0.29) is 16.5 Å². The van der Waals surface area contributed by atoms with Crippen LogP contribution in [-0.4, -0.2) is 9.97 Å². The molecule has 0 unspecified atom stereocenters. The molecule has 0 radical (unpaired) electrons. The molecule has 8 rings (SSSR count). The molecule has 2 aliphatic heterocycles. The fourth-order valence-electron chi connectivity index (χ4n) is 10.6. The van der Waals surface area contributed by atoms with E-state index < -0.39 is 0 Å². The van der Waals surface area contributed by atoms with Crippen molar-refractivity contribution in [2.75, 3.05) is 0 Å². The third-order valence-corrected chi connectivity index (χ3v) is 13.4. The number of nitrogens with zero attached hydrogens (tertiary/aromatic N) is 4. The maximum atomic E-state index is 5.96. The molecule has 0 aliphatic carbocycles. The summed E-state index contributed by atoms with van der Waals surface area (Å²) in [6.07, 6.45) is 10.1. The number of hydrogen-bond donors (Lipinski definition) is 0. The van der Waals surface area contributed by atoms with Gasteiger partial charge in [0.15, 0.2) is 0 Å². The van der Waals surface area contributed by atoms with Crippen molar-refractivity contribution >= 4 is 44.4 Å². The Morgan fingerprint density at radius 2 is 0.651 bits per heavy atom. The van der Waals surface area contributed by atoms with E-state index in [1.54, 1.807) is 0 Å². The van der Waals surface area contributed by atoms with Gasteiger partial charge in [-0.25, -0.2) is 9.97 Å². The zero-order valence-corrected chi connectivity index (χ0v) is 40.0. The van der Waals surface area contributed by atoms with E-state index in [9.17, 15) is 0 Å². The van der Waals surface area contributed by atoms with Crippen LogP contribution < -0.4 is 9.97 Å². The SMILES string of the molecule is CCCCc1c2nc(c(-c3ccccc3)c3[n-]c(c(CC)c3CC)c(-c3ccccc3)c3nc(c(-c4ccccc4)c4[n-]c1c(CC)c4CC)C(CC)=C3CC)C(CC)=C2CC.[Ni+2]. The van der Waals surface area contributed by atoms with Gasteiger partial charge >= 0.3 is 16.5 Å². The summed E-state index contributed by atoms with van der Waals surface area (Å²) < 4.78 is 0. The second-order valence-corrected chi connectivity index (χ2v) is 16.7. The molecule has 0 atom stereocenters. The number of allylic oxidation sites excluding steroid dienone is 4.